The van der Waals surface area contributed by atoms with Crippen LogP contribution in [-0.2, 0) is 16.4 Å². The van der Waals surface area contributed by atoms with Crippen LogP contribution in [0.25, 0.3) is 22.7 Å². The van der Waals surface area contributed by atoms with Gasteiger partial charge < -0.3 is 18.5 Å². The molecule has 0 saturated carbocycles. The highest BCUT2D eigenvalue weighted by atomic mass is 32.2. The largest absolute Gasteiger partial charge is 0.493 e. The van der Waals surface area contributed by atoms with Gasteiger partial charge in [-0.15, -0.1) is 0 Å². The van der Waals surface area contributed by atoms with Crippen molar-refractivity contribution in [2.45, 2.75) is 11.7 Å². The first-order valence-electron chi connectivity index (χ1n) is 9.83. The summed E-state index contributed by atoms with van der Waals surface area (Å²) < 4.78 is 41.8. The van der Waals surface area contributed by atoms with Crippen molar-refractivity contribution in [3.8, 4) is 34.2 Å². The van der Waals surface area contributed by atoms with E-state index in [9.17, 15) is 13.2 Å². The molecule has 10 heteroatoms. The molecule has 3 aromatic heterocycles. The number of ether oxygens (including phenoxy) is 2. The Balaban J connectivity index is 1.78. The molecule has 0 aliphatic rings. The van der Waals surface area contributed by atoms with Crippen LogP contribution in [0.2, 0.25) is 0 Å². The zero-order chi connectivity index (χ0) is 23.6. The Morgan fingerprint density at radius 2 is 1.73 bits per heavy atom. The third-order valence-corrected chi connectivity index (χ3v) is 5.74. The molecule has 33 heavy (non-hydrogen) atoms. The molecule has 0 atom stereocenters. The van der Waals surface area contributed by atoms with Gasteiger partial charge in [-0.25, -0.2) is 18.4 Å². The van der Waals surface area contributed by atoms with Gasteiger partial charge in [-0.2, -0.15) is 0 Å². The summed E-state index contributed by atoms with van der Waals surface area (Å²) >= 11 is 0. The molecule has 0 radical (unpaired) electrons. The standard InChI is InChI=1S/C23H21N3O6S/c1-30-20-8-6-15(11-21(20)31-2)13-26-14-16(7-9-22(26)27)17-12-18(19-5-4-10-32-19)25-23(24-17)33(3,28)29/h4-12,14H,13H2,1-3H3. The first-order valence-corrected chi connectivity index (χ1v) is 11.7. The average Bonchev–Trinajstić information content (AvgIpc) is 3.34. The van der Waals surface area contributed by atoms with Crippen molar-refractivity contribution in [1.29, 1.82) is 0 Å². The Morgan fingerprint density at radius 1 is 0.970 bits per heavy atom. The van der Waals surface area contributed by atoms with E-state index in [-0.39, 0.29) is 17.3 Å². The first-order chi connectivity index (χ1) is 15.8. The van der Waals surface area contributed by atoms with Crippen molar-refractivity contribution in [2.24, 2.45) is 0 Å². The van der Waals surface area contributed by atoms with Crippen molar-refractivity contribution in [1.82, 2.24) is 14.5 Å². The van der Waals surface area contributed by atoms with E-state index in [4.69, 9.17) is 13.9 Å². The summed E-state index contributed by atoms with van der Waals surface area (Å²) in [7, 11) is -0.595. The normalized spacial score (nSPS) is 11.4. The highest BCUT2D eigenvalue weighted by Crippen LogP contribution is 2.28. The summed E-state index contributed by atoms with van der Waals surface area (Å²) in [5.74, 6) is 1.54. The Kier molecular flexibility index (Phi) is 6.01. The minimum absolute atomic E-state index is 0.225. The molecule has 4 aromatic rings. The molecule has 9 nitrogen and oxygen atoms in total. The first kappa shape index (κ1) is 22.3. The molecular weight excluding hydrogens is 446 g/mol. The van der Waals surface area contributed by atoms with Crippen molar-refractivity contribution < 1.29 is 22.3 Å². The molecule has 0 amide bonds. The molecule has 0 saturated heterocycles. The molecule has 3 heterocycles. The van der Waals surface area contributed by atoms with Crippen molar-refractivity contribution >= 4 is 9.84 Å². The zero-order valence-electron chi connectivity index (χ0n) is 18.2. The minimum atomic E-state index is -3.69. The van der Waals surface area contributed by atoms with Gasteiger partial charge in [0.25, 0.3) is 5.56 Å². The molecule has 4 rings (SSSR count). The summed E-state index contributed by atoms with van der Waals surface area (Å²) in [6.07, 6.45) is 4.13. The average molecular weight is 468 g/mol. The second-order valence-corrected chi connectivity index (χ2v) is 9.15. The molecule has 0 bridgehead atoms. The van der Waals surface area contributed by atoms with Crippen LogP contribution in [0.3, 0.4) is 0 Å². The van der Waals surface area contributed by atoms with Crippen LogP contribution in [0.1, 0.15) is 5.56 Å². The minimum Gasteiger partial charge on any atom is -0.493 e. The Labute approximate surface area is 190 Å². The lowest BCUT2D eigenvalue weighted by atomic mass is 10.1. The quantitative estimate of drug-likeness (QED) is 0.381. The lowest BCUT2D eigenvalue weighted by molar-refractivity contribution is 0.354. The summed E-state index contributed by atoms with van der Waals surface area (Å²) in [6.45, 7) is 0.266. The Morgan fingerprint density at radius 3 is 2.39 bits per heavy atom. The fraction of sp³-hybridized carbons (Fsp3) is 0.174. The molecule has 0 N–H and O–H groups in total. The van der Waals surface area contributed by atoms with Crippen molar-refractivity contribution in [3.05, 3.63) is 76.9 Å². The molecule has 0 aliphatic carbocycles. The van der Waals surface area contributed by atoms with Gasteiger partial charge in [0, 0.05) is 24.1 Å². The van der Waals surface area contributed by atoms with E-state index in [1.165, 1.54) is 16.9 Å². The van der Waals surface area contributed by atoms with Crippen LogP contribution in [-0.4, -0.2) is 43.4 Å². The van der Waals surface area contributed by atoms with Gasteiger partial charge in [0.1, 0.15) is 5.69 Å². The van der Waals surface area contributed by atoms with E-state index in [0.29, 0.717) is 34.2 Å². The monoisotopic (exact) mass is 467 g/mol. The summed E-state index contributed by atoms with van der Waals surface area (Å²) in [6, 6.07) is 13.4. The molecule has 0 aliphatic heterocycles. The number of benzene rings is 1. The predicted octanol–water partition coefficient (Wildman–Crippen LogP) is 3.03. The lowest BCUT2D eigenvalue weighted by Crippen LogP contribution is -2.19. The maximum absolute atomic E-state index is 12.5. The van der Waals surface area contributed by atoms with Crippen molar-refractivity contribution in [2.75, 3.05) is 20.5 Å². The number of sulfone groups is 1. The molecule has 0 spiro atoms. The van der Waals surface area contributed by atoms with E-state index in [0.717, 1.165) is 11.8 Å². The molecule has 1 aromatic carbocycles. The van der Waals surface area contributed by atoms with Crippen LogP contribution >= 0.6 is 0 Å². The SMILES string of the molecule is COc1ccc(Cn2cc(-c3cc(-c4ccco4)nc(S(C)(=O)=O)n3)ccc2=O)cc1OC. The van der Waals surface area contributed by atoms with Gasteiger partial charge in [0.05, 0.1) is 32.7 Å². The summed E-state index contributed by atoms with van der Waals surface area (Å²) in [5, 5.41) is -0.330. The lowest BCUT2D eigenvalue weighted by Gasteiger charge is -2.12. The molecular formula is C23H21N3O6S. The van der Waals surface area contributed by atoms with Crippen molar-refractivity contribution in [3.63, 3.8) is 0 Å². The Hall–Kier alpha value is -3.92. The predicted molar refractivity (Wildman–Crippen MR) is 121 cm³/mol. The fourth-order valence-corrected chi connectivity index (χ4v) is 3.80. The van der Waals surface area contributed by atoms with E-state index in [1.54, 1.807) is 56.8 Å². The fourth-order valence-electron chi connectivity index (χ4n) is 3.27. The van der Waals surface area contributed by atoms with E-state index >= 15 is 0 Å². The number of nitrogens with zero attached hydrogens (tertiary/aromatic N) is 3. The highest BCUT2D eigenvalue weighted by Gasteiger charge is 2.17. The van der Waals surface area contributed by atoms with Crippen LogP contribution in [0, 0.1) is 0 Å². The van der Waals surface area contributed by atoms with Crippen LogP contribution in [0.5, 0.6) is 11.5 Å². The number of methoxy groups -OCH3 is 2. The number of furan rings is 1. The van der Waals surface area contributed by atoms with E-state index < -0.39 is 9.84 Å². The number of hydrogen-bond donors (Lipinski definition) is 0. The summed E-state index contributed by atoms with van der Waals surface area (Å²) in [4.78, 5) is 20.9. The van der Waals surface area contributed by atoms with Crippen LogP contribution in [0.15, 0.2) is 75.4 Å². The zero-order valence-corrected chi connectivity index (χ0v) is 19.0. The van der Waals surface area contributed by atoms with Gasteiger partial charge in [0.2, 0.25) is 15.0 Å². The second-order valence-electron chi connectivity index (χ2n) is 7.24. The number of pyridine rings is 1. The van der Waals surface area contributed by atoms with Crippen LogP contribution in [0.4, 0.5) is 0 Å². The molecule has 0 unspecified atom stereocenters. The maximum atomic E-state index is 12.5. The highest BCUT2D eigenvalue weighted by molar-refractivity contribution is 7.90. The number of rotatable bonds is 7. The van der Waals surface area contributed by atoms with Gasteiger partial charge in [0.15, 0.2) is 17.3 Å². The van der Waals surface area contributed by atoms with Crippen LogP contribution < -0.4 is 15.0 Å². The number of hydrogen-bond acceptors (Lipinski definition) is 8. The molecule has 0 fully saturated rings. The number of aromatic nitrogens is 3. The summed E-state index contributed by atoms with van der Waals surface area (Å²) in [5.41, 5.74) is 1.82. The van der Waals surface area contributed by atoms with E-state index in [1.807, 2.05) is 6.07 Å². The maximum Gasteiger partial charge on any atom is 0.250 e. The van der Waals surface area contributed by atoms with Gasteiger partial charge >= 0.3 is 0 Å². The topological polar surface area (TPSA) is 114 Å². The smallest absolute Gasteiger partial charge is 0.250 e. The van der Waals surface area contributed by atoms with Gasteiger partial charge in [-0.3, -0.25) is 4.79 Å². The molecule has 170 valence electrons. The van der Waals surface area contributed by atoms with Gasteiger partial charge in [-0.05, 0) is 42.0 Å². The van der Waals surface area contributed by atoms with E-state index in [2.05, 4.69) is 9.97 Å². The third kappa shape index (κ3) is 4.80. The third-order valence-electron chi connectivity index (χ3n) is 4.89. The Bertz CT molecular complexity index is 1460. The second kappa shape index (κ2) is 8.91. The van der Waals surface area contributed by atoms with Gasteiger partial charge in [-0.1, -0.05) is 6.07 Å².